The first kappa shape index (κ1) is 19.1. The highest BCUT2D eigenvalue weighted by molar-refractivity contribution is 8.00. The maximum absolute atomic E-state index is 12.5. The summed E-state index contributed by atoms with van der Waals surface area (Å²) in [5, 5.41) is 0. The molecule has 2 aromatic rings. The lowest BCUT2D eigenvalue weighted by Gasteiger charge is -2.15. The molecular weight excluding hydrogens is 366 g/mol. The van der Waals surface area contributed by atoms with E-state index in [1.54, 1.807) is 24.3 Å². The predicted octanol–water partition coefficient (Wildman–Crippen LogP) is 4.06. The largest absolute Gasteiger partial charge is 0.293 e. The van der Waals surface area contributed by atoms with Gasteiger partial charge in [-0.05, 0) is 50.5 Å². The third-order valence-corrected chi connectivity index (χ3v) is 7.66. The van der Waals surface area contributed by atoms with Gasteiger partial charge in [-0.1, -0.05) is 29.8 Å². The van der Waals surface area contributed by atoms with Gasteiger partial charge in [-0.25, -0.2) is 8.42 Å². The highest BCUT2D eigenvalue weighted by atomic mass is 32.2. The molecule has 26 heavy (non-hydrogen) atoms. The molecule has 0 spiro atoms. The van der Waals surface area contributed by atoms with Gasteiger partial charge in [0.15, 0.2) is 5.78 Å². The molecule has 0 N–H and O–H groups in total. The summed E-state index contributed by atoms with van der Waals surface area (Å²) in [6.45, 7) is 5.24. The van der Waals surface area contributed by atoms with E-state index in [1.807, 2.05) is 26.0 Å². The van der Waals surface area contributed by atoms with Crippen molar-refractivity contribution in [1.29, 1.82) is 0 Å². The summed E-state index contributed by atoms with van der Waals surface area (Å²) < 4.78 is 26.6. The number of hydrogen-bond donors (Lipinski definition) is 0. The van der Waals surface area contributed by atoms with Crippen LogP contribution in [-0.4, -0.2) is 37.3 Å². The number of rotatable bonds is 6. The number of thioether (sulfide) groups is 1. The molecule has 1 heterocycles. The van der Waals surface area contributed by atoms with Crippen LogP contribution in [0.5, 0.6) is 0 Å². The van der Waals surface area contributed by atoms with Crippen LogP contribution in [0.2, 0.25) is 0 Å². The third kappa shape index (κ3) is 4.19. The van der Waals surface area contributed by atoms with Crippen molar-refractivity contribution in [3.05, 3.63) is 59.2 Å². The molecule has 3 rings (SSSR count). The van der Waals surface area contributed by atoms with E-state index in [0.717, 1.165) is 23.3 Å². The number of nitrogens with zero attached hydrogens (tertiary/aromatic N) is 1. The first-order chi connectivity index (χ1) is 12.4. The fraction of sp³-hybridized carbons (Fsp3) is 0.350. The quantitative estimate of drug-likeness (QED) is 0.552. The minimum atomic E-state index is -3.43. The van der Waals surface area contributed by atoms with Gasteiger partial charge < -0.3 is 0 Å². The summed E-state index contributed by atoms with van der Waals surface area (Å²) in [4.78, 5) is 13.8. The fourth-order valence-corrected chi connectivity index (χ4v) is 5.50. The van der Waals surface area contributed by atoms with Crippen molar-refractivity contribution in [3.63, 3.8) is 0 Å². The minimum Gasteiger partial charge on any atom is -0.293 e. The predicted molar refractivity (Wildman–Crippen MR) is 105 cm³/mol. The van der Waals surface area contributed by atoms with Gasteiger partial charge >= 0.3 is 0 Å². The molecule has 0 atom stereocenters. The lowest BCUT2D eigenvalue weighted by Crippen LogP contribution is -2.27. The number of Topliss-reactive ketones (excluding diaryl/α,β-unsaturated/α-hetero) is 1. The maximum Gasteiger partial charge on any atom is 0.243 e. The van der Waals surface area contributed by atoms with Crippen molar-refractivity contribution in [2.75, 3.05) is 18.8 Å². The van der Waals surface area contributed by atoms with Gasteiger partial charge in [-0.2, -0.15) is 4.31 Å². The highest BCUT2D eigenvalue weighted by Gasteiger charge is 2.27. The molecule has 0 radical (unpaired) electrons. The monoisotopic (exact) mass is 389 g/mol. The molecule has 0 bridgehead atoms. The Balaban J connectivity index is 1.67. The van der Waals surface area contributed by atoms with E-state index in [9.17, 15) is 13.2 Å². The van der Waals surface area contributed by atoms with Crippen LogP contribution in [0.3, 0.4) is 0 Å². The molecule has 0 aromatic heterocycles. The molecule has 0 amide bonds. The van der Waals surface area contributed by atoms with Gasteiger partial charge in [-0.15, -0.1) is 11.8 Å². The van der Waals surface area contributed by atoms with Gasteiger partial charge in [0.1, 0.15) is 0 Å². The molecule has 1 fully saturated rings. The minimum absolute atomic E-state index is 0.0000884. The Hall–Kier alpha value is -1.63. The second-order valence-corrected chi connectivity index (χ2v) is 9.57. The molecule has 6 heteroatoms. The topological polar surface area (TPSA) is 54.5 Å². The summed E-state index contributed by atoms with van der Waals surface area (Å²) in [6.07, 6.45) is 1.82. The van der Waals surface area contributed by atoms with Crippen LogP contribution in [0.4, 0.5) is 0 Å². The van der Waals surface area contributed by atoms with Gasteiger partial charge in [-0.3, -0.25) is 4.79 Å². The third-order valence-electron chi connectivity index (χ3n) is 4.57. The second kappa shape index (κ2) is 7.94. The number of hydrogen-bond acceptors (Lipinski definition) is 4. The van der Waals surface area contributed by atoms with Crippen LogP contribution < -0.4 is 0 Å². The average molecular weight is 390 g/mol. The average Bonchev–Trinajstić information content (AvgIpc) is 3.16. The molecule has 2 aromatic carbocycles. The van der Waals surface area contributed by atoms with Gasteiger partial charge in [0.05, 0.1) is 10.6 Å². The summed E-state index contributed by atoms with van der Waals surface area (Å²) in [5.74, 6) is 0.336. The zero-order chi connectivity index (χ0) is 18.7. The molecule has 0 aliphatic carbocycles. The van der Waals surface area contributed by atoms with E-state index in [1.165, 1.54) is 21.6 Å². The SMILES string of the molecule is Cc1ccc(SCC(=O)c2ccc(S(=O)(=O)N3CCCC3)cc2)c(C)c1. The van der Waals surface area contributed by atoms with Crippen molar-refractivity contribution >= 4 is 27.6 Å². The number of aryl methyl sites for hydroxylation is 2. The Kier molecular flexibility index (Phi) is 5.85. The zero-order valence-corrected chi connectivity index (χ0v) is 16.7. The summed E-state index contributed by atoms with van der Waals surface area (Å²) in [7, 11) is -3.43. The van der Waals surface area contributed by atoms with Crippen molar-refractivity contribution in [3.8, 4) is 0 Å². The van der Waals surface area contributed by atoms with Crippen LogP contribution in [0.25, 0.3) is 0 Å². The normalized spacial score (nSPS) is 15.3. The van der Waals surface area contributed by atoms with Crippen molar-refractivity contribution in [2.45, 2.75) is 36.5 Å². The Labute approximate surface area is 159 Å². The van der Waals surface area contributed by atoms with E-state index >= 15 is 0 Å². The molecule has 1 aliphatic heterocycles. The number of sulfonamides is 1. The maximum atomic E-state index is 12.5. The summed E-state index contributed by atoms with van der Waals surface area (Å²) in [6, 6.07) is 12.5. The molecule has 138 valence electrons. The Morgan fingerprint density at radius 1 is 1.04 bits per heavy atom. The zero-order valence-electron chi connectivity index (χ0n) is 15.1. The van der Waals surface area contributed by atoms with E-state index in [-0.39, 0.29) is 10.7 Å². The first-order valence-corrected chi connectivity index (χ1v) is 11.1. The summed E-state index contributed by atoms with van der Waals surface area (Å²) >= 11 is 1.51. The number of carbonyl (C=O) groups is 1. The van der Waals surface area contributed by atoms with Crippen LogP contribution in [-0.2, 0) is 10.0 Å². The standard InChI is InChI=1S/C20H23NO3S2/c1-15-5-10-20(16(2)13-15)25-14-19(22)17-6-8-18(9-7-17)26(23,24)21-11-3-4-12-21/h5-10,13H,3-4,11-12,14H2,1-2H3. The molecule has 1 aliphatic rings. The van der Waals surface area contributed by atoms with E-state index < -0.39 is 10.0 Å². The number of ketones is 1. The van der Waals surface area contributed by atoms with Crippen LogP contribution >= 0.6 is 11.8 Å². The van der Waals surface area contributed by atoms with E-state index in [4.69, 9.17) is 0 Å². The Morgan fingerprint density at radius 2 is 1.69 bits per heavy atom. The molecule has 0 saturated carbocycles. The van der Waals surface area contributed by atoms with Crippen molar-refractivity contribution in [1.82, 2.24) is 4.31 Å². The molecular formula is C20H23NO3S2. The second-order valence-electron chi connectivity index (χ2n) is 6.62. The van der Waals surface area contributed by atoms with E-state index in [2.05, 4.69) is 6.07 Å². The van der Waals surface area contributed by atoms with E-state index in [0.29, 0.717) is 24.4 Å². The molecule has 1 saturated heterocycles. The summed E-state index contributed by atoms with van der Waals surface area (Å²) in [5.41, 5.74) is 2.91. The smallest absolute Gasteiger partial charge is 0.243 e. The van der Waals surface area contributed by atoms with Crippen LogP contribution in [0.15, 0.2) is 52.3 Å². The number of carbonyl (C=O) groups excluding carboxylic acids is 1. The van der Waals surface area contributed by atoms with Crippen LogP contribution in [0, 0.1) is 13.8 Å². The van der Waals surface area contributed by atoms with Crippen molar-refractivity contribution < 1.29 is 13.2 Å². The van der Waals surface area contributed by atoms with Crippen LogP contribution in [0.1, 0.15) is 34.3 Å². The Morgan fingerprint density at radius 3 is 2.31 bits per heavy atom. The van der Waals surface area contributed by atoms with Gasteiger partial charge in [0, 0.05) is 23.5 Å². The van der Waals surface area contributed by atoms with Gasteiger partial charge in [0.25, 0.3) is 0 Å². The lowest BCUT2D eigenvalue weighted by atomic mass is 10.1. The Bertz CT molecular complexity index is 899. The molecule has 0 unspecified atom stereocenters. The molecule has 4 nitrogen and oxygen atoms in total. The number of benzene rings is 2. The van der Waals surface area contributed by atoms with Crippen molar-refractivity contribution in [2.24, 2.45) is 0 Å². The fourth-order valence-electron chi connectivity index (χ4n) is 3.08. The lowest BCUT2D eigenvalue weighted by molar-refractivity contribution is 0.102. The highest BCUT2D eigenvalue weighted by Crippen LogP contribution is 2.25. The van der Waals surface area contributed by atoms with Gasteiger partial charge in [0.2, 0.25) is 10.0 Å². The first-order valence-electron chi connectivity index (χ1n) is 8.71.